The molecule has 0 fully saturated rings. The first-order valence-corrected chi connectivity index (χ1v) is 7.74. The third-order valence-corrected chi connectivity index (χ3v) is 3.35. The zero-order valence-electron chi connectivity index (χ0n) is 13.1. The number of pyridine rings is 1. The van der Waals surface area contributed by atoms with E-state index in [9.17, 15) is 9.59 Å². The Kier molecular flexibility index (Phi) is 4.85. The van der Waals surface area contributed by atoms with E-state index in [0.717, 1.165) is 4.68 Å². The van der Waals surface area contributed by atoms with Crippen LogP contribution in [0, 0.1) is 0 Å². The zero-order chi connectivity index (χ0) is 17.8. The van der Waals surface area contributed by atoms with Gasteiger partial charge < -0.3 is 9.84 Å². The van der Waals surface area contributed by atoms with E-state index in [-0.39, 0.29) is 24.2 Å². The second-order valence-corrected chi connectivity index (χ2v) is 5.42. The van der Waals surface area contributed by atoms with E-state index in [2.05, 4.69) is 25.5 Å². The second-order valence-electron chi connectivity index (χ2n) is 4.98. The summed E-state index contributed by atoms with van der Waals surface area (Å²) < 4.78 is 6.22. The predicted molar refractivity (Wildman–Crippen MR) is 88.7 cm³/mol. The third-order valence-electron chi connectivity index (χ3n) is 3.14. The molecule has 3 aromatic rings. The maximum atomic E-state index is 11.8. The van der Waals surface area contributed by atoms with Crippen molar-refractivity contribution in [2.24, 2.45) is 0 Å². The number of aromatic nitrogens is 5. The van der Waals surface area contributed by atoms with Crippen LogP contribution >= 0.6 is 11.6 Å². The quantitative estimate of drug-likeness (QED) is 0.725. The summed E-state index contributed by atoms with van der Waals surface area (Å²) >= 11 is 5.89. The second kappa shape index (κ2) is 7.22. The van der Waals surface area contributed by atoms with E-state index < -0.39 is 5.56 Å². The number of hydrogen-bond donors (Lipinski definition) is 1. The average molecular weight is 361 g/mol. The molecule has 128 valence electrons. The highest BCUT2D eigenvalue weighted by atomic mass is 35.5. The van der Waals surface area contributed by atoms with Gasteiger partial charge in [0.15, 0.2) is 0 Å². The van der Waals surface area contributed by atoms with E-state index >= 15 is 0 Å². The maximum absolute atomic E-state index is 11.8. The van der Waals surface area contributed by atoms with E-state index in [0.29, 0.717) is 22.8 Å². The van der Waals surface area contributed by atoms with Gasteiger partial charge in [0.05, 0.1) is 10.6 Å². The van der Waals surface area contributed by atoms with Gasteiger partial charge >= 0.3 is 0 Å². The Labute approximate surface area is 146 Å². The van der Waals surface area contributed by atoms with Gasteiger partial charge in [0, 0.05) is 25.0 Å². The van der Waals surface area contributed by atoms with E-state index in [4.69, 9.17) is 16.1 Å². The van der Waals surface area contributed by atoms with Crippen LogP contribution in [0.25, 0.3) is 23.0 Å². The van der Waals surface area contributed by atoms with Crippen LogP contribution in [0.3, 0.4) is 0 Å². The van der Waals surface area contributed by atoms with Crippen molar-refractivity contribution in [3.63, 3.8) is 0 Å². The summed E-state index contributed by atoms with van der Waals surface area (Å²) in [7, 11) is 0. The van der Waals surface area contributed by atoms with Gasteiger partial charge in [-0.2, -0.15) is 10.1 Å². The molecule has 0 bridgehead atoms. The summed E-state index contributed by atoms with van der Waals surface area (Å²) in [6.45, 7) is 2.06. The lowest BCUT2D eigenvalue weighted by Gasteiger charge is -2.05. The summed E-state index contributed by atoms with van der Waals surface area (Å²) in [6, 6.07) is 4.38. The van der Waals surface area contributed by atoms with Gasteiger partial charge in [0.1, 0.15) is 12.2 Å². The predicted octanol–water partition coefficient (Wildman–Crippen LogP) is 1.14. The van der Waals surface area contributed by atoms with Gasteiger partial charge in [0.25, 0.3) is 11.4 Å². The molecule has 3 rings (SSSR count). The molecular formula is C15H13ClN6O3. The molecule has 0 atom stereocenters. The Morgan fingerprint density at radius 2 is 2.20 bits per heavy atom. The highest BCUT2D eigenvalue weighted by molar-refractivity contribution is 6.30. The molecule has 9 nitrogen and oxygen atoms in total. The first kappa shape index (κ1) is 16.8. The third kappa shape index (κ3) is 3.89. The first-order chi connectivity index (χ1) is 12.1. The highest BCUT2D eigenvalue weighted by Gasteiger charge is 2.14. The van der Waals surface area contributed by atoms with Crippen LogP contribution in [0.15, 0.2) is 39.9 Å². The fourth-order valence-corrected chi connectivity index (χ4v) is 2.22. The van der Waals surface area contributed by atoms with Gasteiger partial charge in [-0.3, -0.25) is 14.6 Å². The Bertz CT molecular complexity index is 968. The minimum atomic E-state index is -0.405. The summed E-state index contributed by atoms with van der Waals surface area (Å²) in [5.74, 6) is 0.0842. The fourth-order valence-electron chi connectivity index (χ4n) is 2.04. The normalized spacial score (nSPS) is 10.6. The SMILES string of the molecule is CCNC(=O)Cn1nc(-c2noc(-c3cncc(Cl)c3)n2)ccc1=O. The molecule has 3 heterocycles. The van der Waals surface area contributed by atoms with E-state index in [1.54, 1.807) is 13.0 Å². The van der Waals surface area contributed by atoms with Crippen molar-refractivity contribution >= 4 is 17.5 Å². The topological polar surface area (TPSA) is 116 Å². The smallest absolute Gasteiger partial charge is 0.267 e. The number of rotatable bonds is 5. The number of amides is 1. The lowest BCUT2D eigenvalue weighted by Crippen LogP contribution is -2.33. The van der Waals surface area contributed by atoms with Crippen LogP contribution in [0.5, 0.6) is 0 Å². The van der Waals surface area contributed by atoms with Crippen LogP contribution in [-0.4, -0.2) is 37.4 Å². The number of nitrogens with one attached hydrogen (secondary N) is 1. The minimum Gasteiger partial charge on any atom is -0.355 e. The molecule has 25 heavy (non-hydrogen) atoms. The molecule has 0 unspecified atom stereocenters. The van der Waals surface area contributed by atoms with Crippen LogP contribution in [-0.2, 0) is 11.3 Å². The first-order valence-electron chi connectivity index (χ1n) is 7.36. The molecule has 3 aromatic heterocycles. The van der Waals surface area contributed by atoms with Crippen LogP contribution in [0.2, 0.25) is 5.02 Å². The number of nitrogens with zero attached hydrogens (tertiary/aromatic N) is 5. The number of hydrogen-bond acceptors (Lipinski definition) is 7. The maximum Gasteiger partial charge on any atom is 0.267 e. The summed E-state index contributed by atoms with van der Waals surface area (Å²) in [5.41, 5.74) is 0.452. The number of carbonyl (C=O) groups excluding carboxylic acids is 1. The van der Waals surface area contributed by atoms with Crippen molar-refractivity contribution < 1.29 is 9.32 Å². The molecule has 0 aliphatic heterocycles. The Hall–Kier alpha value is -3.07. The van der Waals surface area contributed by atoms with Gasteiger partial charge in [0.2, 0.25) is 11.7 Å². The molecule has 1 amide bonds. The lowest BCUT2D eigenvalue weighted by atomic mass is 10.3. The van der Waals surface area contributed by atoms with Crippen molar-refractivity contribution in [3.05, 3.63) is 46.0 Å². The monoisotopic (exact) mass is 360 g/mol. The fraction of sp³-hybridized carbons (Fsp3) is 0.200. The zero-order valence-corrected chi connectivity index (χ0v) is 13.9. The van der Waals surface area contributed by atoms with Crippen LogP contribution in [0.4, 0.5) is 0 Å². The summed E-state index contributed by atoms with van der Waals surface area (Å²) in [4.78, 5) is 31.7. The molecule has 0 aliphatic carbocycles. The standard InChI is InChI=1S/C15H13ClN6O3/c1-2-18-12(23)8-22-13(24)4-3-11(20-22)14-19-15(25-21-14)9-5-10(16)7-17-6-9/h3-7H,2,8H2,1H3,(H,18,23). The molecule has 0 spiro atoms. The average Bonchev–Trinajstić information content (AvgIpc) is 3.07. The van der Waals surface area contributed by atoms with Crippen molar-refractivity contribution in [3.8, 4) is 23.0 Å². The number of likely N-dealkylation sites (N-methyl/N-ethyl adjacent to an activating group) is 1. The van der Waals surface area contributed by atoms with Gasteiger partial charge in [-0.1, -0.05) is 16.8 Å². The van der Waals surface area contributed by atoms with Crippen LogP contribution < -0.4 is 10.9 Å². The van der Waals surface area contributed by atoms with Gasteiger partial charge in [-0.15, -0.1) is 0 Å². The Morgan fingerprint density at radius 3 is 2.96 bits per heavy atom. The number of halogens is 1. The molecule has 0 aromatic carbocycles. The van der Waals surface area contributed by atoms with E-state index in [1.807, 2.05) is 0 Å². The number of carbonyl (C=O) groups is 1. The molecule has 0 saturated heterocycles. The summed E-state index contributed by atoms with van der Waals surface area (Å²) in [5, 5.41) is 11.0. The molecule has 0 aliphatic rings. The van der Waals surface area contributed by atoms with Gasteiger partial charge in [-0.25, -0.2) is 4.68 Å². The van der Waals surface area contributed by atoms with E-state index in [1.165, 1.54) is 24.5 Å². The molecular weight excluding hydrogens is 348 g/mol. The summed E-state index contributed by atoms with van der Waals surface area (Å²) in [6.07, 6.45) is 3.02. The van der Waals surface area contributed by atoms with Crippen molar-refractivity contribution in [1.29, 1.82) is 0 Å². The van der Waals surface area contributed by atoms with Crippen molar-refractivity contribution in [1.82, 2.24) is 30.2 Å². The molecule has 1 N–H and O–H groups in total. The largest absolute Gasteiger partial charge is 0.355 e. The van der Waals surface area contributed by atoms with Crippen molar-refractivity contribution in [2.45, 2.75) is 13.5 Å². The van der Waals surface area contributed by atoms with Crippen molar-refractivity contribution in [2.75, 3.05) is 6.54 Å². The highest BCUT2D eigenvalue weighted by Crippen LogP contribution is 2.22. The Balaban J connectivity index is 1.90. The lowest BCUT2D eigenvalue weighted by molar-refractivity contribution is -0.121. The molecule has 0 saturated carbocycles. The molecule has 10 heteroatoms. The van der Waals surface area contributed by atoms with Gasteiger partial charge in [-0.05, 0) is 19.1 Å². The molecule has 0 radical (unpaired) electrons. The Morgan fingerprint density at radius 1 is 1.36 bits per heavy atom. The van der Waals surface area contributed by atoms with Crippen LogP contribution in [0.1, 0.15) is 6.92 Å². The minimum absolute atomic E-state index is 0.180.